The molecule has 4 nitrogen and oxygen atoms in total. The van der Waals surface area contributed by atoms with Crippen molar-refractivity contribution in [2.75, 3.05) is 13.1 Å². The zero-order chi connectivity index (χ0) is 15.0. The minimum absolute atomic E-state index is 0.0798. The molecule has 1 N–H and O–H groups in total. The van der Waals surface area contributed by atoms with E-state index in [1.54, 1.807) is 0 Å². The number of para-hydroxylation sites is 1. The van der Waals surface area contributed by atoms with Gasteiger partial charge in [-0.05, 0) is 32.4 Å². The number of carbonyl (C=O) groups excluding carboxylic acids is 1. The molecule has 4 heteroatoms. The number of aliphatic hydroxyl groups is 1. The minimum Gasteiger partial charge on any atom is -0.393 e. The number of hydrogen-bond acceptors (Lipinski definition) is 2. The van der Waals surface area contributed by atoms with Gasteiger partial charge in [-0.1, -0.05) is 18.2 Å². The zero-order valence-electron chi connectivity index (χ0n) is 12.6. The van der Waals surface area contributed by atoms with Gasteiger partial charge in [0.25, 0.3) is 5.91 Å². The lowest BCUT2D eigenvalue weighted by atomic mass is 10.0. The normalized spacial score (nSPS) is 20.1. The summed E-state index contributed by atoms with van der Waals surface area (Å²) in [4.78, 5) is 14.7. The third kappa shape index (κ3) is 2.44. The average Bonchev–Trinajstić information content (AvgIpc) is 3.11. The molecule has 0 bridgehead atoms. The highest BCUT2D eigenvalue weighted by atomic mass is 16.3. The number of amides is 1. The monoisotopic (exact) mass is 286 g/mol. The predicted molar refractivity (Wildman–Crippen MR) is 83.3 cm³/mol. The zero-order valence-corrected chi connectivity index (χ0v) is 12.6. The quantitative estimate of drug-likeness (QED) is 0.942. The summed E-state index contributed by atoms with van der Waals surface area (Å²) in [6, 6.07) is 10.1. The number of fused-ring (bicyclic) bond motifs is 1. The topological polar surface area (TPSA) is 45.5 Å². The van der Waals surface area contributed by atoms with E-state index in [2.05, 4.69) is 17.6 Å². The van der Waals surface area contributed by atoms with Crippen LogP contribution in [0.2, 0.25) is 0 Å². The molecule has 21 heavy (non-hydrogen) atoms. The average molecular weight is 286 g/mol. The van der Waals surface area contributed by atoms with E-state index in [0.717, 1.165) is 36.1 Å². The Kier molecular flexibility index (Phi) is 3.72. The van der Waals surface area contributed by atoms with Gasteiger partial charge in [-0.3, -0.25) is 4.79 Å². The summed E-state index contributed by atoms with van der Waals surface area (Å²) in [7, 11) is 0. The Morgan fingerprint density at radius 1 is 1.43 bits per heavy atom. The number of rotatable bonds is 3. The van der Waals surface area contributed by atoms with Crippen molar-refractivity contribution in [2.24, 2.45) is 5.92 Å². The Labute approximate surface area is 125 Å². The van der Waals surface area contributed by atoms with Gasteiger partial charge in [-0.2, -0.15) is 0 Å². The fraction of sp³-hybridized carbons (Fsp3) is 0.471. The molecule has 3 rings (SSSR count). The molecule has 1 aliphatic rings. The number of aromatic nitrogens is 1. The van der Waals surface area contributed by atoms with E-state index in [0.29, 0.717) is 6.54 Å². The summed E-state index contributed by atoms with van der Waals surface area (Å²) in [5, 5.41) is 10.8. The first-order valence-electron chi connectivity index (χ1n) is 7.67. The van der Waals surface area contributed by atoms with Gasteiger partial charge in [0.1, 0.15) is 5.69 Å². The molecular formula is C17H22N2O2. The fourth-order valence-corrected chi connectivity index (χ4v) is 3.26. The van der Waals surface area contributed by atoms with Crippen LogP contribution in [0.1, 0.15) is 30.8 Å². The summed E-state index contributed by atoms with van der Waals surface area (Å²) in [6.07, 6.45) is 0.537. The van der Waals surface area contributed by atoms with E-state index < -0.39 is 0 Å². The van der Waals surface area contributed by atoms with Crippen molar-refractivity contribution in [3.05, 3.63) is 36.0 Å². The highest BCUT2D eigenvalue weighted by Gasteiger charge is 2.30. The van der Waals surface area contributed by atoms with Crippen molar-refractivity contribution in [1.29, 1.82) is 0 Å². The van der Waals surface area contributed by atoms with Crippen LogP contribution < -0.4 is 0 Å². The lowest BCUT2D eigenvalue weighted by Gasteiger charge is -2.18. The van der Waals surface area contributed by atoms with E-state index in [-0.39, 0.29) is 17.9 Å². The third-order valence-corrected chi connectivity index (χ3v) is 4.54. The fourth-order valence-electron chi connectivity index (χ4n) is 3.26. The van der Waals surface area contributed by atoms with Crippen LogP contribution in [0, 0.1) is 5.92 Å². The summed E-state index contributed by atoms with van der Waals surface area (Å²) in [5.41, 5.74) is 1.86. The second-order valence-electron chi connectivity index (χ2n) is 5.87. The minimum atomic E-state index is -0.347. The van der Waals surface area contributed by atoms with Crippen molar-refractivity contribution in [3.8, 4) is 0 Å². The van der Waals surface area contributed by atoms with Crippen LogP contribution in [0.3, 0.4) is 0 Å². The molecule has 2 atom stereocenters. The van der Waals surface area contributed by atoms with Crippen LogP contribution in [-0.4, -0.2) is 39.7 Å². The molecule has 1 aliphatic heterocycles. The number of hydrogen-bond donors (Lipinski definition) is 1. The number of benzene rings is 1. The maximum atomic E-state index is 12.8. The number of carbonyl (C=O) groups is 1. The molecule has 2 unspecified atom stereocenters. The second kappa shape index (κ2) is 5.53. The Balaban J connectivity index is 1.92. The second-order valence-corrected chi connectivity index (χ2v) is 5.87. The van der Waals surface area contributed by atoms with E-state index in [9.17, 15) is 9.90 Å². The van der Waals surface area contributed by atoms with E-state index in [4.69, 9.17) is 0 Å². The lowest BCUT2D eigenvalue weighted by molar-refractivity contribution is 0.0752. The van der Waals surface area contributed by atoms with Crippen molar-refractivity contribution in [3.63, 3.8) is 0 Å². The molecule has 2 aromatic rings. The molecule has 0 aliphatic carbocycles. The SMILES string of the molecule is CCn1c(C(=O)N2CCC(C(C)O)C2)cc2ccccc21. The predicted octanol–water partition coefficient (Wildman–Crippen LogP) is 2.50. The Morgan fingerprint density at radius 2 is 2.19 bits per heavy atom. The largest absolute Gasteiger partial charge is 0.393 e. The molecule has 0 radical (unpaired) electrons. The Hall–Kier alpha value is -1.81. The van der Waals surface area contributed by atoms with Crippen LogP contribution in [0.4, 0.5) is 0 Å². The van der Waals surface area contributed by atoms with Crippen LogP contribution in [0.5, 0.6) is 0 Å². The van der Waals surface area contributed by atoms with Gasteiger partial charge in [0.05, 0.1) is 6.10 Å². The molecule has 1 saturated heterocycles. The standard InChI is InChI=1S/C17H22N2O2/c1-3-19-15-7-5-4-6-13(15)10-16(19)17(21)18-9-8-14(11-18)12(2)20/h4-7,10,12,14,20H,3,8-9,11H2,1-2H3. The van der Waals surface area contributed by atoms with Crippen LogP contribution in [-0.2, 0) is 6.54 Å². The summed E-state index contributed by atoms with van der Waals surface area (Å²) >= 11 is 0. The van der Waals surface area contributed by atoms with Gasteiger partial charge in [-0.25, -0.2) is 0 Å². The first-order valence-corrected chi connectivity index (χ1v) is 7.67. The first-order chi connectivity index (χ1) is 10.1. The Bertz CT molecular complexity index is 660. The molecule has 1 amide bonds. The summed E-state index contributed by atoms with van der Waals surface area (Å²) in [5.74, 6) is 0.282. The smallest absolute Gasteiger partial charge is 0.270 e. The highest BCUT2D eigenvalue weighted by molar-refractivity contribution is 5.98. The summed E-state index contributed by atoms with van der Waals surface area (Å²) in [6.45, 7) is 6.04. The molecule has 0 saturated carbocycles. The van der Waals surface area contributed by atoms with E-state index >= 15 is 0 Å². The molecule has 112 valence electrons. The van der Waals surface area contributed by atoms with Crippen molar-refractivity contribution >= 4 is 16.8 Å². The van der Waals surface area contributed by atoms with Crippen molar-refractivity contribution in [1.82, 2.24) is 9.47 Å². The third-order valence-electron chi connectivity index (χ3n) is 4.54. The maximum absolute atomic E-state index is 12.8. The molecular weight excluding hydrogens is 264 g/mol. The van der Waals surface area contributed by atoms with Gasteiger partial charge in [-0.15, -0.1) is 0 Å². The highest BCUT2D eigenvalue weighted by Crippen LogP contribution is 2.25. The van der Waals surface area contributed by atoms with Gasteiger partial charge in [0, 0.05) is 36.5 Å². The van der Waals surface area contributed by atoms with Crippen LogP contribution in [0.25, 0.3) is 10.9 Å². The van der Waals surface area contributed by atoms with Gasteiger partial charge < -0.3 is 14.6 Å². The van der Waals surface area contributed by atoms with Crippen LogP contribution >= 0.6 is 0 Å². The maximum Gasteiger partial charge on any atom is 0.270 e. The summed E-state index contributed by atoms with van der Waals surface area (Å²) < 4.78 is 2.08. The number of likely N-dealkylation sites (tertiary alicyclic amines) is 1. The van der Waals surface area contributed by atoms with Gasteiger partial charge in [0.15, 0.2) is 0 Å². The first kappa shape index (κ1) is 14.1. The van der Waals surface area contributed by atoms with E-state index in [1.165, 1.54) is 0 Å². The molecule has 1 aromatic carbocycles. The van der Waals surface area contributed by atoms with Crippen molar-refractivity contribution in [2.45, 2.75) is 32.9 Å². The number of aliphatic hydroxyl groups excluding tert-OH is 1. The number of aryl methyl sites for hydroxylation is 1. The van der Waals surface area contributed by atoms with Gasteiger partial charge in [0.2, 0.25) is 0 Å². The van der Waals surface area contributed by atoms with Crippen molar-refractivity contribution < 1.29 is 9.90 Å². The molecule has 0 spiro atoms. The molecule has 1 aromatic heterocycles. The lowest BCUT2D eigenvalue weighted by Crippen LogP contribution is -2.31. The van der Waals surface area contributed by atoms with Crippen LogP contribution in [0.15, 0.2) is 30.3 Å². The van der Waals surface area contributed by atoms with E-state index in [1.807, 2.05) is 36.1 Å². The Morgan fingerprint density at radius 3 is 2.86 bits per heavy atom. The van der Waals surface area contributed by atoms with Gasteiger partial charge >= 0.3 is 0 Å². The molecule has 2 heterocycles. The molecule has 1 fully saturated rings. The number of nitrogens with zero attached hydrogens (tertiary/aromatic N) is 2.